The van der Waals surface area contributed by atoms with E-state index in [0.717, 1.165) is 5.56 Å². The lowest BCUT2D eigenvalue weighted by Gasteiger charge is -2.18. The number of anilines is 1. The number of hydrogen-bond donors (Lipinski definition) is 2. The predicted molar refractivity (Wildman–Crippen MR) is 130 cm³/mol. The largest absolute Gasteiger partial charge is 0.497 e. The highest BCUT2D eigenvalue weighted by atomic mass is 32.2. The van der Waals surface area contributed by atoms with Crippen LogP contribution < -0.4 is 14.8 Å². The second-order valence-electron chi connectivity index (χ2n) is 7.72. The maximum Gasteiger partial charge on any atom is 0.254 e. The number of benzene rings is 3. The van der Waals surface area contributed by atoms with Gasteiger partial charge in [-0.25, -0.2) is 13.1 Å². The molecular formula is C25H27N3O5S. The van der Waals surface area contributed by atoms with E-state index in [0.29, 0.717) is 11.4 Å². The number of carbonyl (C=O) groups excluding carboxylic acids is 2. The number of likely N-dealkylation sites (N-methyl/N-ethyl adjacent to an activating group) is 1. The van der Waals surface area contributed by atoms with Gasteiger partial charge >= 0.3 is 0 Å². The number of amides is 2. The van der Waals surface area contributed by atoms with Gasteiger partial charge in [0.2, 0.25) is 15.9 Å². The van der Waals surface area contributed by atoms with Crippen molar-refractivity contribution >= 4 is 27.5 Å². The maximum absolute atomic E-state index is 12.9. The number of nitrogens with zero attached hydrogens (tertiary/aromatic N) is 1. The van der Waals surface area contributed by atoms with Gasteiger partial charge in [0, 0.05) is 24.3 Å². The third-order valence-electron chi connectivity index (χ3n) is 5.12. The van der Waals surface area contributed by atoms with Crippen LogP contribution in [0, 0.1) is 0 Å². The summed E-state index contributed by atoms with van der Waals surface area (Å²) in [6, 6.07) is 21.3. The van der Waals surface area contributed by atoms with Crippen LogP contribution in [0.15, 0.2) is 83.8 Å². The van der Waals surface area contributed by atoms with Gasteiger partial charge in [0.15, 0.2) is 0 Å². The molecule has 178 valence electrons. The fourth-order valence-corrected chi connectivity index (χ4v) is 4.57. The van der Waals surface area contributed by atoms with Crippen molar-refractivity contribution in [2.45, 2.75) is 17.9 Å². The summed E-state index contributed by atoms with van der Waals surface area (Å²) in [5.41, 5.74) is 1.55. The van der Waals surface area contributed by atoms with Crippen LogP contribution in [0.2, 0.25) is 0 Å². The summed E-state index contributed by atoms with van der Waals surface area (Å²) in [6.45, 7) is 1.54. The molecule has 3 aromatic rings. The monoisotopic (exact) mass is 481 g/mol. The molecule has 0 saturated carbocycles. The second kappa shape index (κ2) is 11.0. The summed E-state index contributed by atoms with van der Waals surface area (Å²) in [5, 5.41) is 2.71. The summed E-state index contributed by atoms with van der Waals surface area (Å²) >= 11 is 0. The number of rotatable bonds is 9. The predicted octanol–water partition coefficient (Wildman–Crippen LogP) is 3.45. The number of methoxy groups -OCH3 is 1. The first-order valence-electron chi connectivity index (χ1n) is 10.6. The molecule has 8 nitrogen and oxygen atoms in total. The quantitative estimate of drug-likeness (QED) is 0.487. The van der Waals surface area contributed by atoms with E-state index in [4.69, 9.17) is 4.74 Å². The van der Waals surface area contributed by atoms with Crippen LogP contribution in [0.5, 0.6) is 5.75 Å². The van der Waals surface area contributed by atoms with Crippen LogP contribution in [0.4, 0.5) is 5.69 Å². The van der Waals surface area contributed by atoms with Crippen molar-refractivity contribution in [2.24, 2.45) is 0 Å². The molecule has 0 aromatic heterocycles. The zero-order valence-corrected chi connectivity index (χ0v) is 20.0. The minimum Gasteiger partial charge on any atom is -0.497 e. The van der Waals surface area contributed by atoms with E-state index in [2.05, 4.69) is 10.0 Å². The van der Waals surface area contributed by atoms with Gasteiger partial charge in [0.25, 0.3) is 5.91 Å². The van der Waals surface area contributed by atoms with Gasteiger partial charge in [-0.05, 0) is 55.0 Å². The lowest BCUT2D eigenvalue weighted by Crippen LogP contribution is -2.35. The smallest absolute Gasteiger partial charge is 0.254 e. The van der Waals surface area contributed by atoms with Crippen molar-refractivity contribution in [1.29, 1.82) is 0 Å². The van der Waals surface area contributed by atoms with Crippen LogP contribution in [-0.2, 0) is 14.8 Å². The summed E-state index contributed by atoms with van der Waals surface area (Å²) in [5.74, 6) is -0.200. The van der Waals surface area contributed by atoms with Crippen molar-refractivity contribution in [3.8, 4) is 5.75 Å². The Morgan fingerprint density at radius 2 is 1.65 bits per heavy atom. The van der Waals surface area contributed by atoms with Gasteiger partial charge in [-0.3, -0.25) is 9.59 Å². The maximum atomic E-state index is 12.9. The van der Waals surface area contributed by atoms with Crippen molar-refractivity contribution in [2.75, 3.05) is 26.0 Å². The minimum absolute atomic E-state index is 0.0304. The first kappa shape index (κ1) is 24.9. The average molecular weight is 482 g/mol. The highest BCUT2D eigenvalue weighted by molar-refractivity contribution is 7.89. The Hall–Kier alpha value is -3.69. The van der Waals surface area contributed by atoms with Gasteiger partial charge in [-0.1, -0.05) is 36.4 Å². The third-order valence-corrected chi connectivity index (χ3v) is 6.66. The molecule has 0 bridgehead atoms. The van der Waals surface area contributed by atoms with Crippen LogP contribution in [0.25, 0.3) is 0 Å². The van der Waals surface area contributed by atoms with Crippen LogP contribution in [0.3, 0.4) is 0 Å². The molecule has 2 amide bonds. The molecule has 3 rings (SSSR count). The first-order valence-corrected chi connectivity index (χ1v) is 12.0. The summed E-state index contributed by atoms with van der Waals surface area (Å²) in [6.07, 6.45) is 0. The third kappa shape index (κ3) is 6.43. The van der Waals surface area contributed by atoms with Crippen LogP contribution in [0.1, 0.15) is 28.9 Å². The topological polar surface area (TPSA) is 105 Å². The fraction of sp³-hybridized carbons (Fsp3) is 0.200. The normalized spacial score (nSPS) is 12.0. The molecule has 1 atom stereocenters. The molecule has 0 aliphatic heterocycles. The van der Waals surface area contributed by atoms with Crippen LogP contribution in [-0.4, -0.2) is 45.8 Å². The molecule has 34 heavy (non-hydrogen) atoms. The zero-order chi connectivity index (χ0) is 24.7. The van der Waals surface area contributed by atoms with Gasteiger partial charge in [0.05, 0.1) is 18.6 Å². The van der Waals surface area contributed by atoms with Crippen LogP contribution >= 0.6 is 0 Å². The average Bonchev–Trinajstić information content (AvgIpc) is 2.84. The minimum atomic E-state index is -3.87. The Labute approximate surface area is 199 Å². The van der Waals surface area contributed by atoms with Gasteiger partial charge in [-0.15, -0.1) is 0 Å². The molecule has 0 fully saturated rings. The van der Waals surface area contributed by atoms with Crippen molar-refractivity contribution < 1.29 is 22.7 Å². The summed E-state index contributed by atoms with van der Waals surface area (Å²) in [7, 11) is -0.840. The number of ether oxygens (including phenoxy) is 1. The number of sulfonamides is 1. The lowest BCUT2D eigenvalue weighted by atomic mass is 10.1. The molecule has 2 N–H and O–H groups in total. The zero-order valence-electron chi connectivity index (χ0n) is 19.2. The Morgan fingerprint density at radius 1 is 0.971 bits per heavy atom. The van der Waals surface area contributed by atoms with E-state index in [-0.39, 0.29) is 22.9 Å². The number of carbonyl (C=O) groups is 2. The number of hydrogen-bond acceptors (Lipinski definition) is 5. The molecule has 0 spiro atoms. The standard InChI is InChI=1S/C25H27N3O5S/c1-18(19-8-5-4-6-9-19)27-34(31,32)23-11-7-10-20(16-23)25(30)28(2)17-24(29)26-21-12-14-22(33-3)15-13-21/h4-16,18,27H,17H2,1-3H3,(H,26,29)/t18-/m0/s1. The Balaban J connectivity index is 1.66. The fourth-order valence-electron chi connectivity index (χ4n) is 3.29. The van der Waals surface area contributed by atoms with E-state index < -0.39 is 22.0 Å². The second-order valence-corrected chi connectivity index (χ2v) is 9.43. The van der Waals surface area contributed by atoms with E-state index in [9.17, 15) is 18.0 Å². The first-order chi connectivity index (χ1) is 16.2. The Morgan fingerprint density at radius 3 is 2.29 bits per heavy atom. The molecule has 0 aliphatic rings. The van der Waals surface area contributed by atoms with Gasteiger partial charge in [0.1, 0.15) is 5.75 Å². The molecule has 9 heteroatoms. The molecule has 0 radical (unpaired) electrons. The van der Waals surface area contributed by atoms with E-state index in [1.54, 1.807) is 38.3 Å². The molecule has 3 aromatic carbocycles. The molecule has 0 heterocycles. The van der Waals surface area contributed by atoms with E-state index in [1.165, 1.54) is 36.2 Å². The summed E-state index contributed by atoms with van der Waals surface area (Å²) in [4.78, 5) is 26.4. The van der Waals surface area contributed by atoms with Gasteiger partial charge < -0.3 is 15.0 Å². The molecule has 0 saturated heterocycles. The van der Waals surface area contributed by atoms with Gasteiger partial charge in [-0.2, -0.15) is 0 Å². The highest BCUT2D eigenvalue weighted by Gasteiger charge is 2.21. The Bertz CT molecular complexity index is 1250. The SMILES string of the molecule is COc1ccc(NC(=O)CN(C)C(=O)c2cccc(S(=O)(=O)N[C@@H](C)c3ccccc3)c2)cc1. The Kier molecular flexibility index (Phi) is 8.04. The lowest BCUT2D eigenvalue weighted by molar-refractivity contribution is -0.116. The molecular weight excluding hydrogens is 454 g/mol. The highest BCUT2D eigenvalue weighted by Crippen LogP contribution is 2.19. The number of nitrogens with one attached hydrogen (secondary N) is 2. The van der Waals surface area contributed by atoms with Crippen molar-refractivity contribution in [3.63, 3.8) is 0 Å². The molecule has 0 unspecified atom stereocenters. The van der Waals surface area contributed by atoms with Crippen molar-refractivity contribution in [1.82, 2.24) is 9.62 Å². The van der Waals surface area contributed by atoms with E-state index >= 15 is 0 Å². The van der Waals surface area contributed by atoms with E-state index in [1.807, 2.05) is 30.3 Å². The van der Waals surface area contributed by atoms with Crippen molar-refractivity contribution in [3.05, 3.63) is 90.0 Å². The molecule has 0 aliphatic carbocycles. The summed E-state index contributed by atoms with van der Waals surface area (Å²) < 4.78 is 33.5.